The molecule has 0 saturated carbocycles. The molecule has 0 aliphatic carbocycles. The standard InChI is InChI=1S/C12H6F3NO/c13-12(14,15)17-10-4-5-11-8(6-10)2-1-3-9(11)7-16/h1-6H. The highest BCUT2D eigenvalue weighted by Crippen LogP contribution is 2.27. The summed E-state index contributed by atoms with van der Waals surface area (Å²) in [5.74, 6) is -0.292. The Bertz CT molecular complexity index is 599. The predicted molar refractivity (Wildman–Crippen MR) is 55.3 cm³/mol. The topological polar surface area (TPSA) is 33.0 Å². The van der Waals surface area contributed by atoms with Crippen molar-refractivity contribution in [2.75, 3.05) is 0 Å². The molecular weight excluding hydrogens is 231 g/mol. The van der Waals surface area contributed by atoms with E-state index in [0.717, 1.165) is 0 Å². The maximum Gasteiger partial charge on any atom is 0.573 e. The van der Waals surface area contributed by atoms with Crippen LogP contribution >= 0.6 is 0 Å². The van der Waals surface area contributed by atoms with Crippen LogP contribution in [0.4, 0.5) is 13.2 Å². The fraction of sp³-hybridized carbons (Fsp3) is 0.0833. The van der Waals surface area contributed by atoms with Crippen LogP contribution < -0.4 is 4.74 Å². The smallest absolute Gasteiger partial charge is 0.406 e. The first-order chi connectivity index (χ1) is 7.99. The predicted octanol–water partition coefficient (Wildman–Crippen LogP) is 3.61. The Morgan fingerprint density at radius 2 is 1.88 bits per heavy atom. The van der Waals surface area contributed by atoms with Gasteiger partial charge in [0.15, 0.2) is 0 Å². The summed E-state index contributed by atoms with van der Waals surface area (Å²) in [6.45, 7) is 0. The van der Waals surface area contributed by atoms with Crippen molar-refractivity contribution in [1.82, 2.24) is 0 Å². The van der Waals surface area contributed by atoms with Crippen molar-refractivity contribution in [2.45, 2.75) is 6.36 Å². The Balaban J connectivity index is 2.49. The lowest BCUT2D eigenvalue weighted by Gasteiger charge is -2.09. The van der Waals surface area contributed by atoms with Gasteiger partial charge < -0.3 is 4.74 Å². The third-order valence-electron chi connectivity index (χ3n) is 2.21. The van der Waals surface area contributed by atoms with Gasteiger partial charge in [0.2, 0.25) is 0 Å². The SMILES string of the molecule is N#Cc1cccc2cc(OC(F)(F)F)ccc12. The van der Waals surface area contributed by atoms with Gasteiger partial charge in [0.05, 0.1) is 11.6 Å². The van der Waals surface area contributed by atoms with E-state index in [9.17, 15) is 13.2 Å². The first-order valence-corrected chi connectivity index (χ1v) is 4.68. The van der Waals surface area contributed by atoms with Crippen LogP contribution in [0.2, 0.25) is 0 Å². The molecule has 0 aromatic heterocycles. The Labute approximate surface area is 94.8 Å². The molecule has 2 aromatic rings. The fourth-order valence-corrected chi connectivity index (χ4v) is 1.56. The maximum absolute atomic E-state index is 12.0. The molecule has 0 bridgehead atoms. The average Bonchev–Trinajstić information content (AvgIpc) is 2.25. The van der Waals surface area contributed by atoms with Gasteiger partial charge in [-0.05, 0) is 35.0 Å². The van der Waals surface area contributed by atoms with Crippen LogP contribution in [0.3, 0.4) is 0 Å². The number of ether oxygens (including phenoxy) is 1. The minimum absolute atomic E-state index is 0.292. The Hall–Kier alpha value is -2.22. The third kappa shape index (κ3) is 2.48. The molecular formula is C12H6F3NO. The average molecular weight is 237 g/mol. The molecule has 0 aliphatic heterocycles. The summed E-state index contributed by atoms with van der Waals surface area (Å²) in [6, 6.07) is 10.7. The molecule has 0 heterocycles. The summed E-state index contributed by atoms with van der Waals surface area (Å²) in [5.41, 5.74) is 0.418. The summed E-state index contributed by atoms with van der Waals surface area (Å²) in [5, 5.41) is 9.96. The monoisotopic (exact) mass is 237 g/mol. The number of fused-ring (bicyclic) bond motifs is 1. The number of alkyl halides is 3. The number of hydrogen-bond donors (Lipinski definition) is 0. The van der Waals surface area contributed by atoms with E-state index in [1.807, 2.05) is 6.07 Å². The molecule has 0 unspecified atom stereocenters. The van der Waals surface area contributed by atoms with Gasteiger partial charge in [-0.1, -0.05) is 12.1 Å². The summed E-state index contributed by atoms with van der Waals surface area (Å²) < 4.78 is 39.8. The molecule has 0 amide bonds. The van der Waals surface area contributed by atoms with E-state index in [0.29, 0.717) is 16.3 Å². The number of benzene rings is 2. The first kappa shape index (κ1) is 11.3. The van der Waals surface area contributed by atoms with Crippen molar-refractivity contribution in [3.8, 4) is 11.8 Å². The van der Waals surface area contributed by atoms with Crippen molar-refractivity contribution in [1.29, 1.82) is 5.26 Å². The van der Waals surface area contributed by atoms with E-state index >= 15 is 0 Å². The number of rotatable bonds is 1. The summed E-state index contributed by atoms with van der Waals surface area (Å²) in [7, 11) is 0. The van der Waals surface area contributed by atoms with E-state index in [-0.39, 0.29) is 5.75 Å². The molecule has 2 aromatic carbocycles. The second-order valence-electron chi connectivity index (χ2n) is 3.35. The van der Waals surface area contributed by atoms with Crippen LogP contribution in [0.5, 0.6) is 5.75 Å². The second kappa shape index (κ2) is 3.98. The maximum atomic E-state index is 12.0. The molecule has 0 atom stereocenters. The molecule has 2 nitrogen and oxygen atoms in total. The van der Waals surface area contributed by atoms with E-state index in [4.69, 9.17) is 5.26 Å². The van der Waals surface area contributed by atoms with E-state index in [1.165, 1.54) is 18.2 Å². The Morgan fingerprint density at radius 3 is 2.53 bits per heavy atom. The summed E-state index contributed by atoms with van der Waals surface area (Å²) in [4.78, 5) is 0. The lowest BCUT2D eigenvalue weighted by molar-refractivity contribution is -0.274. The quantitative estimate of drug-likeness (QED) is 0.759. The van der Waals surface area contributed by atoms with Crippen LogP contribution in [0.1, 0.15) is 5.56 Å². The third-order valence-corrected chi connectivity index (χ3v) is 2.21. The fourth-order valence-electron chi connectivity index (χ4n) is 1.56. The molecule has 17 heavy (non-hydrogen) atoms. The normalized spacial score (nSPS) is 11.2. The van der Waals surface area contributed by atoms with Gasteiger partial charge in [-0.15, -0.1) is 13.2 Å². The lowest BCUT2D eigenvalue weighted by atomic mass is 10.1. The highest BCUT2D eigenvalue weighted by atomic mass is 19.4. The minimum Gasteiger partial charge on any atom is -0.406 e. The molecule has 86 valence electrons. The zero-order valence-electron chi connectivity index (χ0n) is 8.45. The summed E-state index contributed by atoms with van der Waals surface area (Å²) in [6.07, 6.45) is -4.71. The highest BCUT2D eigenvalue weighted by Gasteiger charge is 2.31. The van der Waals surface area contributed by atoms with Crippen molar-refractivity contribution in [3.05, 3.63) is 42.0 Å². The Kier molecular flexibility index (Phi) is 2.64. The van der Waals surface area contributed by atoms with E-state index in [2.05, 4.69) is 4.74 Å². The number of halogens is 3. The second-order valence-corrected chi connectivity index (χ2v) is 3.35. The molecule has 0 aliphatic rings. The lowest BCUT2D eigenvalue weighted by Crippen LogP contribution is -2.16. The van der Waals surface area contributed by atoms with Gasteiger partial charge in [0, 0.05) is 0 Å². The zero-order valence-corrected chi connectivity index (χ0v) is 8.45. The van der Waals surface area contributed by atoms with Gasteiger partial charge in [0.25, 0.3) is 0 Å². The largest absolute Gasteiger partial charge is 0.573 e. The number of nitriles is 1. The van der Waals surface area contributed by atoms with Gasteiger partial charge in [0.1, 0.15) is 5.75 Å². The van der Waals surface area contributed by atoms with E-state index in [1.54, 1.807) is 18.2 Å². The van der Waals surface area contributed by atoms with Crippen LogP contribution in [0, 0.1) is 11.3 Å². The zero-order chi connectivity index (χ0) is 12.5. The molecule has 0 saturated heterocycles. The molecule has 0 radical (unpaired) electrons. The van der Waals surface area contributed by atoms with E-state index < -0.39 is 6.36 Å². The minimum atomic E-state index is -4.71. The summed E-state index contributed by atoms with van der Waals surface area (Å²) >= 11 is 0. The first-order valence-electron chi connectivity index (χ1n) is 4.68. The van der Waals surface area contributed by atoms with Gasteiger partial charge in [-0.3, -0.25) is 0 Å². The number of nitrogens with zero attached hydrogens (tertiary/aromatic N) is 1. The van der Waals surface area contributed by atoms with Crippen molar-refractivity contribution < 1.29 is 17.9 Å². The van der Waals surface area contributed by atoms with Crippen LogP contribution in [-0.2, 0) is 0 Å². The molecule has 5 heteroatoms. The molecule has 0 spiro atoms. The van der Waals surface area contributed by atoms with Gasteiger partial charge in [-0.2, -0.15) is 5.26 Å². The van der Waals surface area contributed by atoms with Crippen LogP contribution in [0.15, 0.2) is 36.4 Å². The highest BCUT2D eigenvalue weighted by molar-refractivity contribution is 5.88. The number of hydrogen-bond acceptors (Lipinski definition) is 2. The van der Waals surface area contributed by atoms with Crippen molar-refractivity contribution >= 4 is 10.8 Å². The molecule has 0 fully saturated rings. The van der Waals surface area contributed by atoms with Crippen molar-refractivity contribution in [2.24, 2.45) is 0 Å². The Morgan fingerprint density at radius 1 is 1.12 bits per heavy atom. The molecule has 0 N–H and O–H groups in total. The van der Waals surface area contributed by atoms with Gasteiger partial charge >= 0.3 is 6.36 Å². The van der Waals surface area contributed by atoms with Crippen LogP contribution in [0.25, 0.3) is 10.8 Å². The van der Waals surface area contributed by atoms with Crippen molar-refractivity contribution in [3.63, 3.8) is 0 Å². The van der Waals surface area contributed by atoms with Gasteiger partial charge in [-0.25, -0.2) is 0 Å². The van der Waals surface area contributed by atoms with Crippen LogP contribution in [-0.4, -0.2) is 6.36 Å². The molecule has 2 rings (SSSR count).